The van der Waals surface area contributed by atoms with Crippen molar-refractivity contribution in [2.24, 2.45) is 0 Å². The van der Waals surface area contributed by atoms with E-state index in [1.165, 1.54) is 12.1 Å². The summed E-state index contributed by atoms with van der Waals surface area (Å²) in [5.41, 5.74) is 1.98. The average molecular weight is 266 g/mol. The zero-order valence-electron chi connectivity index (χ0n) is 10.6. The highest BCUT2D eigenvalue weighted by molar-refractivity contribution is 5.68. The lowest BCUT2D eigenvalue weighted by Gasteiger charge is -2.10. The molecule has 0 bridgehead atoms. The van der Waals surface area contributed by atoms with Gasteiger partial charge in [-0.25, -0.2) is 0 Å². The molecular formula is C15H13F3O. The first-order valence-electron chi connectivity index (χ1n) is 5.74. The molecule has 19 heavy (non-hydrogen) atoms. The molecule has 2 rings (SSSR count). The molecular weight excluding hydrogens is 253 g/mol. The van der Waals surface area contributed by atoms with Gasteiger partial charge in [-0.15, -0.1) is 0 Å². The van der Waals surface area contributed by atoms with Crippen molar-refractivity contribution < 1.29 is 17.9 Å². The molecule has 0 saturated carbocycles. The molecule has 0 atom stereocenters. The Bertz CT molecular complexity index is 571. The van der Waals surface area contributed by atoms with E-state index in [1.807, 2.05) is 19.1 Å². The second-order valence-corrected chi connectivity index (χ2v) is 4.26. The van der Waals surface area contributed by atoms with Crippen molar-refractivity contribution in [3.63, 3.8) is 0 Å². The van der Waals surface area contributed by atoms with Crippen molar-refractivity contribution in [1.82, 2.24) is 0 Å². The Balaban J connectivity index is 2.37. The normalized spacial score (nSPS) is 11.4. The van der Waals surface area contributed by atoms with E-state index in [9.17, 15) is 13.2 Å². The monoisotopic (exact) mass is 266 g/mol. The zero-order chi connectivity index (χ0) is 14.0. The summed E-state index contributed by atoms with van der Waals surface area (Å²) in [4.78, 5) is 0. The molecule has 0 N–H and O–H groups in total. The lowest BCUT2D eigenvalue weighted by Crippen LogP contribution is -2.04. The second kappa shape index (κ2) is 4.96. The Labute approximate surface area is 109 Å². The summed E-state index contributed by atoms with van der Waals surface area (Å²) in [6, 6.07) is 10.6. The first-order chi connectivity index (χ1) is 8.91. The van der Waals surface area contributed by atoms with Crippen LogP contribution in [0.2, 0.25) is 0 Å². The maximum absolute atomic E-state index is 12.5. The molecule has 0 amide bonds. The van der Waals surface area contributed by atoms with Gasteiger partial charge in [0.15, 0.2) is 0 Å². The van der Waals surface area contributed by atoms with Crippen LogP contribution in [0.25, 0.3) is 11.1 Å². The first kappa shape index (κ1) is 13.5. The van der Waals surface area contributed by atoms with E-state index in [0.29, 0.717) is 0 Å². The molecule has 0 fully saturated rings. The third-order valence-corrected chi connectivity index (χ3v) is 2.96. The molecule has 0 unspecified atom stereocenters. The molecule has 0 radical (unpaired) electrons. The molecule has 0 saturated heterocycles. The summed E-state index contributed by atoms with van der Waals surface area (Å²) in [7, 11) is 1.58. The van der Waals surface area contributed by atoms with Crippen molar-refractivity contribution >= 4 is 0 Å². The van der Waals surface area contributed by atoms with E-state index in [-0.39, 0.29) is 0 Å². The maximum Gasteiger partial charge on any atom is 0.416 e. The molecule has 0 heterocycles. The Morgan fingerprint density at radius 2 is 1.58 bits per heavy atom. The molecule has 0 aliphatic rings. The highest BCUT2D eigenvalue weighted by atomic mass is 19.4. The van der Waals surface area contributed by atoms with Crippen molar-refractivity contribution in [2.45, 2.75) is 13.1 Å². The number of methoxy groups -OCH3 is 1. The van der Waals surface area contributed by atoms with Crippen LogP contribution in [0.1, 0.15) is 11.1 Å². The largest absolute Gasteiger partial charge is 0.497 e. The highest BCUT2D eigenvalue weighted by Gasteiger charge is 2.29. The van der Waals surface area contributed by atoms with E-state index in [2.05, 4.69) is 0 Å². The van der Waals surface area contributed by atoms with Gasteiger partial charge in [-0.2, -0.15) is 13.2 Å². The SMILES string of the molecule is COc1ccc(-c2ccc(C(F)(F)F)cc2)c(C)c1. The van der Waals surface area contributed by atoms with Gasteiger partial charge in [0.05, 0.1) is 12.7 Å². The molecule has 0 spiro atoms. The molecule has 100 valence electrons. The second-order valence-electron chi connectivity index (χ2n) is 4.26. The quantitative estimate of drug-likeness (QED) is 0.766. The topological polar surface area (TPSA) is 9.23 Å². The lowest BCUT2D eigenvalue weighted by molar-refractivity contribution is -0.137. The van der Waals surface area contributed by atoms with Crippen molar-refractivity contribution in [3.05, 3.63) is 53.6 Å². The van der Waals surface area contributed by atoms with Gasteiger partial charge in [0.25, 0.3) is 0 Å². The average Bonchev–Trinajstić information content (AvgIpc) is 2.37. The van der Waals surface area contributed by atoms with Gasteiger partial charge in [-0.1, -0.05) is 18.2 Å². The van der Waals surface area contributed by atoms with Crippen LogP contribution in [0.4, 0.5) is 13.2 Å². The van der Waals surface area contributed by atoms with E-state index < -0.39 is 11.7 Å². The summed E-state index contributed by atoms with van der Waals surface area (Å²) in [5, 5.41) is 0. The molecule has 0 aliphatic heterocycles. The van der Waals surface area contributed by atoms with Gasteiger partial charge in [0, 0.05) is 0 Å². The number of ether oxygens (including phenoxy) is 1. The van der Waals surface area contributed by atoms with Crippen molar-refractivity contribution in [1.29, 1.82) is 0 Å². The molecule has 2 aromatic rings. The standard InChI is InChI=1S/C15H13F3O/c1-10-9-13(19-2)7-8-14(10)11-3-5-12(6-4-11)15(16,17)18/h3-9H,1-2H3. The number of aryl methyl sites for hydroxylation is 1. The number of alkyl halides is 3. The van der Waals surface area contributed by atoms with Crippen LogP contribution < -0.4 is 4.74 Å². The van der Waals surface area contributed by atoms with Gasteiger partial charge < -0.3 is 4.74 Å². The predicted molar refractivity (Wildman–Crippen MR) is 68.2 cm³/mol. The minimum atomic E-state index is -4.30. The number of hydrogen-bond acceptors (Lipinski definition) is 1. The van der Waals surface area contributed by atoms with E-state index in [0.717, 1.165) is 34.6 Å². The predicted octanol–water partition coefficient (Wildman–Crippen LogP) is 4.69. The zero-order valence-corrected chi connectivity index (χ0v) is 10.6. The van der Waals surface area contributed by atoms with Gasteiger partial charge >= 0.3 is 6.18 Å². The Kier molecular flexibility index (Phi) is 3.51. The molecule has 4 heteroatoms. The summed E-state index contributed by atoms with van der Waals surface area (Å²) in [6.45, 7) is 1.90. The summed E-state index contributed by atoms with van der Waals surface area (Å²) in [5.74, 6) is 0.730. The van der Waals surface area contributed by atoms with Gasteiger partial charge in [0.2, 0.25) is 0 Å². The van der Waals surface area contributed by atoms with Crippen LogP contribution in [-0.4, -0.2) is 7.11 Å². The summed E-state index contributed by atoms with van der Waals surface area (Å²) in [6.07, 6.45) is -4.30. The van der Waals surface area contributed by atoms with Crippen LogP contribution in [0, 0.1) is 6.92 Å². The fourth-order valence-corrected chi connectivity index (χ4v) is 1.93. The lowest BCUT2D eigenvalue weighted by atomic mass is 9.99. The third-order valence-electron chi connectivity index (χ3n) is 2.96. The minimum absolute atomic E-state index is 0.637. The third kappa shape index (κ3) is 2.89. The Morgan fingerprint density at radius 1 is 0.947 bits per heavy atom. The number of rotatable bonds is 2. The van der Waals surface area contributed by atoms with Crippen molar-refractivity contribution in [2.75, 3.05) is 7.11 Å². The number of hydrogen-bond donors (Lipinski definition) is 0. The molecule has 2 aromatic carbocycles. The highest BCUT2D eigenvalue weighted by Crippen LogP contribution is 2.32. The first-order valence-corrected chi connectivity index (χ1v) is 5.74. The van der Waals surface area contributed by atoms with E-state index in [1.54, 1.807) is 13.2 Å². The minimum Gasteiger partial charge on any atom is -0.497 e. The van der Waals surface area contributed by atoms with Crippen LogP contribution in [0.15, 0.2) is 42.5 Å². The van der Waals surface area contributed by atoms with E-state index in [4.69, 9.17) is 4.74 Å². The fraction of sp³-hybridized carbons (Fsp3) is 0.200. The molecule has 0 aliphatic carbocycles. The maximum atomic E-state index is 12.5. The Morgan fingerprint density at radius 3 is 2.05 bits per heavy atom. The van der Waals surface area contributed by atoms with Gasteiger partial charge in [-0.3, -0.25) is 0 Å². The van der Waals surface area contributed by atoms with Gasteiger partial charge in [0.1, 0.15) is 5.75 Å². The number of halogens is 3. The molecule has 0 aromatic heterocycles. The van der Waals surface area contributed by atoms with Crippen molar-refractivity contribution in [3.8, 4) is 16.9 Å². The summed E-state index contributed by atoms with van der Waals surface area (Å²) >= 11 is 0. The summed E-state index contributed by atoms with van der Waals surface area (Å²) < 4.78 is 42.6. The van der Waals surface area contributed by atoms with Crippen LogP contribution in [0.3, 0.4) is 0 Å². The smallest absolute Gasteiger partial charge is 0.416 e. The number of benzene rings is 2. The molecule has 1 nitrogen and oxygen atoms in total. The van der Waals surface area contributed by atoms with Crippen LogP contribution >= 0.6 is 0 Å². The Hall–Kier alpha value is -1.97. The fourth-order valence-electron chi connectivity index (χ4n) is 1.93. The van der Waals surface area contributed by atoms with Crippen LogP contribution in [-0.2, 0) is 6.18 Å². The van der Waals surface area contributed by atoms with Crippen LogP contribution in [0.5, 0.6) is 5.75 Å². The van der Waals surface area contributed by atoms with E-state index >= 15 is 0 Å². The van der Waals surface area contributed by atoms with Gasteiger partial charge in [-0.05, 0) is 47.9 Å².